The summed E-state index contributed by atoms with van der Waals surface area (Å²) in [5, 5.41) is 2.81. The van der Waals surface area contributed by atoms with Gasteiger partial charge >= 0.3 is 0 Å². The van der Waals surface area contributed by atoms with Gasteiger partial charge in [0.1, 0.15) is 5.92 Å². The van der Waals surface area contributed by atoms with Crippen LogP contribution in [0.4, 0.5) is 5.69 Å². The highest BCUT2D eigenvalue weighted by Crippen LogP contribution is 2.26. The van der Waals surface area contributed by atoms with Crippen molar-refractivity contribution >= 4 is 17.5 Å². The summed E-state index contributed by atoms with van der Waals surface area (Å²) in [6, 6.07) is 13.3. The molecule has 0 spiro atoms. The van der Waals surface area contributed by atoms with Crippen LogP contribution in [0.2, 0.25) is 0 Å². The van der Waals surface area contributed by atoms with Crippen molar-refractivity contribution in [2.75, 3.05) is 11.4 Å². The van der Waals surface area contributed by atoms with Crippen LogP contribution in [0.1, 0.15) is 17.7 Å². The predicted molar refractivity (Wildman–Crippen MR) is 87.7 cm³/mol. The lowest BCUT2D eigenvalue weighted by atomic mass is 10.1. The number of benzene rings is 1. The second-order valence-electron chi connectivity index (χ2n) is 5.71. The fourth-order valence-corrected chi connectivity index (χ4v) is 2.78. The van der Waals surface area contributed by atoms with Crippen LogP contribution < -0.4 is 10.2 Å². The number of nitrogens with one attached hydrogen (secondary N) is 1. The van der Waals surface area contributed by atoms with Gasteiger partial charge in [0, 0.05) is 18.4 Å². The van der Waals surface area contributed by atoms with Crippen molar-refractivity contribution < 1.29 is 9.59 Å². The van der Waals surface area contributed by atoms with Gasteiger partial charge in [-0.05, 0) is 43.2 Å². The highest BCUT2D eigenvalue weighted by atomic mass is 16.2. The van der Waals surface area contributed by atoms with E-state index in [1.165, 1.54) is 0 Å². The average molecular weight is 309 g/mol. The van der Waals surface area contributed by atoms with Crippen molar-refractivity contribution in [2.45, 2.75) is 19.9 Å². The minimum atomic E-state index is -0.612. The predicted octanol–water partition coefficient (Wildman–Crippen LogP) is 2.06. The summed E-state index contributed by atoms with van der Waals surface area (Å²) < 4.78 is 0. The van der Waals surface area contributed by atoms with Crippen LogP contribution in [-0.2, 0) is 16.1 Å². The highest BCUT2D eigenvalue weighted by Gasteiger charge is 2.37. The minimum Gasteiger partial charge on any atom is -0.350 e. The number of carbonyl (C=O) groups is 2. The molecule has 1 atom stereocenters. The Morgan fingerprint density at radius 3 is 2.91 bits per heavy atom. The number of amides is 2. The Morgan fingerprint density at radius 2 is 2.17 bits per heavy atom. The summed E-state index contributed by atoms with van der Waals surface area (Å²) in [6.07, 6.45) is 2.22. The Hall–Kier alpha value is -2.69. The Kier molecular flexibility index (Phi) is 4.37. The minimum absolute atomic E-state index is 0.130. The molecule has 1 fully saturated rings. The number of hydrogen-bond donors (Lipinski definition) is 1. The molecule has 0 radical (unpaired) electrons. The second-order valence-corrected chi connectivity index (χ2v) is 5.71. The molecule has 2 heterocycles. The third kappa shape index (κ3) is 3.39. The summed E-state index contributed by atoms with van der Waals surface area (Å²) in [6.45, 7) is 2.90. The molecule has 1 saturated heterocycles. The number of aryl methyl sites for hydroxylation is 1. The van der Waals surface area contributed by atoms with E-state index in [2.05, 4.69) is 10.3 Å². The van der Waals surface area contributed by atoms with Gasteiger partial charge in [-0.25, -0.2) is 0 Å². The zero-order valence-electron chi connectivity index (χ0n) is 13.0. The number of rotatable bonds is 4. The number of nitrogens with zero attached hydrogens (tertiary/aromatic N) is 2. The molecule has 5 heteroatoms. The van der Waals surface area contributed by atoms with Crippen molar-refractivity contribution in [1.82, 2.24) is 10.3 Å². The van der Waals surface area contributed by atoms with Crippen LogP contribution in [0, 0.1) is 12.8 Å². The van der Waals surface area contributed by atoms with Crippen molar-refractivity contribution in [2.24, 2.45) is 5.92 Å². The van der Waals surface area contributed by atoms with Crippen LogP contribution >= 0.6 is 0 Å². The SMILES string of the molecule is Cc1cccc(N2CC[C@H](C(=O)NCc3ccccn3)C2=O)c1. The fourth-order valence-electron chi connectivity index (χ4n) is 2.78. The molecular weight excluding hydrogens is 290 g/mol. The summed E-state index contributed by atoms with van der Waals surface area (Å²) in [4.78, 5) is 30.7. The molecular formula is C18H19N3O2. The maximum atomic E-state index is 12.5. The molecule has 118 valence electrons. The van der Waals surface area contributed by atoms with Gasteiger partial charge in [0.2, 0.25) is 11.8 Å². The molecule has 0 unspecified atom stereocenters. The van der Waals surface area contributed by atoms with Gasteiger partial charge in [0.15, 0.2) is 0 Å². The molecule has 0 saturated carbocycles. The molecule has 1 aromatic carbocycles. The smallest absolute Gasteiger partial charge is 0.239 e. The summed E-state index contributed by atoms with van der Waals surface area (Å²) in [5.41, 5.74) is 2.73. The van der Waals surface area contributed by atoms with E-state index in [1.54, 1.807) is 11.1 Å². The van der Waals surface area contributed by atoms with Crippen LogP contribution in [0.15, 0.2) is 48.7 Å². The molecule has 5 nitrogen and oxygen atoms in total. The van der Waals surface area contributed by atoms with Crippen LogP contribution in [0.25, 0.3) is 0 Å². The van der Waals surface area contributed by atoms with E-state index < -0.39 is 5.92 Å². The normalized spacial score (nSPS) is 17.3. The first-order valence-electron chi connectivity index (χ1n) is 7.71. The van der Waals surface area contributed by atoms with E-state index in [4.69, 9.17) is 0 Å². The van der Waals surface area contributed by atoms with Crippen LogP contribution in [0.5, 0.6) is 0 Å². The summed E-state index contributed by atoms with van der Waals surface area (Å²) in [5.74, 6) is -0.968. The first-order chi connectivity index (χ1) is 11.1. The van der Waals surface area contributed by atoms with E-state index in [-0.39, 0.29) is 11.8 Å². The van der Waals surface area contributed by atoms with Crippen molar-refractivity contribution in [3.05, 3.63) is 59.9 Å². The van der Waals surface area contributed by atoms with Gasteiger partial charge in [-0.3, -0.25) is 14.6 Å². The molecule has 1 aromatic heterocycles. The van der Waals surface area contributed by atoms with Gasteiger partial charge in [0.05, 0.1) is 12.2 Å². The largest absolute Gasteiger partial charge is 0.350 e. The quantitative estimate of drug-likeness (QED) is 0.879. The molecule has 2 amide bonds. The molecule has 1 aliphatic heterocycles. The average Bonchev–Trinajstić information content (AvgIpc) is 2.95. The Morgan fingerprint density at radius 1 is 1.30 bits per heavy atom. The molecule has 0 aliphatic carbocycles. The van der Waals surface area contributed by atoms with Crippen molar-refractivity contribution in [3.8, 4) is 0 Å². The van der Waals surface area contributed by atoms with Gasteiger partial charge < -0.3 is 10.2 Å². The lowest BCUT2D eigenvalue weighted by Crippen LogP contribution is -2.36. The van der Waals surface area contributed by atoms with E-state index in [0.29, 0.717) is 19.5 Å². The van der Waals surface area contributed by atoms with Gasteiger partial charge in [0.25, 0.3) is 0 Å². The van der Waals surface area contributed by atoms with Gasteiger partial charge in [-0.2, -0.15) is 0 Å². The van der Waals surface area contributed by atoms with E-state index in [0.717, 1.165) is 16.9 Å². The number of aromatic nitrogens is 1. The van der Waals surface area contributed by atoms with E-state index >= 15 is 0 Å². The number of carbonyl (C=O) groups excluding carboxylic acids is 2. The van der Waals surface area contributed by atoms with E-state index in [9.17, 15) is 9.59 Å². The van der Waals surface area contributed by atoms with Crippen LogP contribution in [-0.4, -0.2) is 23.3 Å². The maximum absolute atomic E-state index is 12.5. The zero-order chi connectivity index (χ0) is 16.2. The molecule has 3 rings (SSSR count). The summed E-state index contributed by atoms with van der Waals surface area (Å²) in [7, 11) is 0. The number of pyridine rings is 1. The topological polar surface area (TPSA) is 62.3 Å². The van der Waals surface area contributed by atoms with Gasteiger partial charge in [-0.1, -0.05) is 18.2 Å². The first kappa shape index (κ1) is 15.2. The third-order valence-electron chi connectivity index (χ3n) is 4.01. The Bertz CT molecular complexity index is 715. The molecule has 1 aliphatic rings. The molecule has 23 heavy (non-hydrogen) atoms. The fraction of sp³-hybridized carbons (Fsp3) is 0.278. The van der Waals surface area contributed by atoms with Crippen LogP contribution in [0.3, 0.4) is 0 Å². The molecule has 1 N–H and O–H groups in total. The van der Waals surface area contributed by atoms with Crippen molar-refractivity contribution in [3.63, 3.8) is 0 Å². The standard InChI is InChI=1S/C18H19N3O2/c1-13-5-4-7-15(11-13)21-10-8-16(18(21)23)17(22)20-12-14-6-2-3-9-19-14/h2-7,9,11,16H,8,10,12H2,1H3,(H,20,22)/t16-/m1/s1. The highest BCUT2D eigenvalue weighted by molar-refractivity contribution is 6.09. The summed E-state index contributed by atoms with van der Waals surface area (Å²) >= 11 is 0. The maximum Gasteiger partial charge on any atom is 0.239 e. The first-order valence-corrected chi connectivity index (χ1v) is 7.71. The number of hydrogen-bond acceptors (Lipinski definition) is 3. The second kappa shape index (κ2) is 6.60. The molecule has 0 bridgehead atoms. The monoisotopic (exact) mass is 309 g/mol. The lowest BCUT2D eigenvalue weighted by Gasteiger charge is -2.17. The van der Waals surface area contributed by atoms with Gasteiger partial charge in [-0.15, -0.1) is 0 Å². The third-order valence-corrected chi connectivity index (χ3v) is 4.01. The zero-order valence-corrected chi connectivity index (χ0v) is 13.0. The Labute approximate surface area is 135 Å². The molecule has 2 aromatic rings. The van der Waals surface area contributed by atoms with E-state index in [1.807, 2.05) is 49.4 Å². The number of anilines is 1. The Balaban J connectivity index is 1.63. The lowest BCUT2D eigenvalue weighted by molar-refractivity contribution is -0.132. The van der Waals surface area contributed by atoms with Crippen molar-refractivity contribution in [1.29, 1.82) is 0 Å².